The molecule has 0 fully saturated rings. The summed E-state index contributed by atoms with van der Waals surface area (Å²) in [5.41, 5.74) is 0. The molecule has 16 heavy (non-hydrogen) atoms. The van der Waals surface area contributed by atoms with E-state index in [1.165, 1.54) is 0 Å². The van der Waals surface area contributed by atoms with Crippen molar-refractivity contribution in [3.8, 4) is 0 Å². The van der Waals surface area contributed by atoms with E-state index in [1.54, 1.807) is 7.76 Å². The van der Waals surface area contributed by atoms with Gasteiger partial charge in [0, 0.05) is 0 Å². The van der Waals surface area contributed by atoms with Crippen LogP contribution < -0.4 is 0 Å². The van der Waals surface area contributed by atoms with E-state index < -0.39 is 11.5 Å². The van der Waals surface area contributed by atoms with E-state index in [0.29, 0.717) is 0 Å². The number of hydrogen-bond donors (Lipinski definition) is 0. The van der Waals surface area contributed by atoms with Crippen LogP contribution in [0, 0.1) is 0 Å². The van der Waals surface area contributed by atoms with Gasteiger partial charge in [-0.15, -0.1) is 0 Å². The van der Waals surface area contributed by atoms with E-state index in [4.69, 9.17) is 0 Å². The molecule has 0 aliphatic heterocycles. The Hall–Kier alpha value is -0.109. The predicted octanol–water partition coefficient (Wildman–Crippen LogP) is 4.18. The quantitative estimate of drug-likeness (QED) is 0.659. The fourth-order valence-corrected chi connectivity index (χ4v) is 12.5. The fraction of sp³-hybridized carbons (Fsp3) is 0.429. The molecule has 0 amide bonds. The van der Waals surface area contributed by atoms with Crippen molar-refractivity contribution in [2.45, 2.75) is 33.8 Å². The van der Waals surface area contributed by atoms with Crippen LogP contribution in [0.3, 0.4) is 0 Å². The Labute approximate surface area is 96.8 Å². The summed E-state index contributed by atoms with van der Waals surface area (Å²) >= 11 is -3.60. The second kappa shape index (κ2) is 2.36. The zero-order valence-corrected chi connectivity index (χ0v) is 14.1. The average molecular weight is 268 g/mol. The second-order valence-electron chi connectivity index (χ2n) is 9.54. The van der Waals surface area contributed by atoms with Crippen molar-refractivity contribution in [3.05, 3.63) is 44.2 Å². The Morgan fingerprint density at radius 3 is 1.50 bits per heavy atom. The van der Waals surface area contributed by atoms with Gasteiger partial charge in [0.1, 0.15) is 0 Å². The summed E-state index contributed by atoms with van der Waals surface area (Å²) in [5, 5.41) is 10.3. The molecular weight excluding hydrogens is 244 g/mol. The molecular formula is C14H24SiTi. The second-order valence-corrected chi connectivity index (χ2v) is 47.7. The zero-order chi connectivity index (χ0) is 12.2. The van der Waals surface area contributed by atoms with Crippen molar-refractivity contribution < 1.29 is 11.5 Å². The van der Waals surface area contributed by atoms with E-state index in [-0.39, 0.29) is 0 Å². The molecule has 0 saturated heterocycles. The van der Waals surface area contributed by atoms with Crippen molar-refractivity contribution in [3.63, 3.8) is 0 Å². The molecule has 2 aliphatic rings. The maximum absolute atomic E-state index is 3.60. The molecule has 0 N–H and O–H groups in total. The zero-order valence-electron chi connectivity index (χ0n) is 11.1. The third-order valence-electron chi connectivity index (χ3n) is 4.89. The summed E-state index contributed by atoms with van der Waals surface area (Å²) in [5.74, 6) is 0. The van der Waals surface area contributed by atoms with Gasteiger partial charge in [-0.3, -0.25) is 0 Å². The van der Waals surface area contributed by atoms with Crippen LogP contribution in [0.15, 0.2) is 44.2 Å². The van der Waals surface area contributed by atoms with Gasteiger partial charge in [0.05, 0.1) is 0 Å². The maximum atomic E-state index is 2.58. The molecule has 0 unspecified atom stereocenters. The van der Waals surface area contributed by atoms with Gasteiger partial charge in [-0.1, -0.05) is 0 Å². The molecule has 0 spiro atoms. The molecule has 0 saturated carbocycles. The van der Waals surface area contributed by atoms with Crippen LogP contribution in [0.1, 0.15) is 12.8 Å². The van der Waals surface area contributed by atoms with Gasteiger partial charge < -0.3 is 0 Å². The van der Waals surface area contributed by atoms with Gasteiger partial charge in [0.15, 0.2) is 0 Å². The van der Waals surface area contributed by atoms with E-state index in [9.17, 15) is 0 Å². The first-order valence-electron chi connectivity index (χ1n) is 6.29. The van der Waals surface area contributed by atoms with Crippen molar-refractivity contribution in [1.82, 2.24) is 0 Å². The first-order chi connectivity index (χ1) is 6.96. The molecule has 0 aromatic rings. The van der Waals surface area contributed by atoms with E-state index in [0.717, 1.165) is 12.8 Å². The Morgan fingerprint density at radius 2 is 1.25 bits per heavy atom. The first-order valence-corrected chi connectivity index (χ1v) is 18.1. The monoisotopic (exact) mass is 268 g/mol. The minimum atomic E-state index is -3.60. The minimum absolute atomic E-state index is 1.15. The van der Waals surface area contributed by atoms with Gasteiger partial charge in [0.2, 0.25) is 0 Å². The third-order valence-corrected chi connectivity index (χ3v) is 20.2. The summed E-state index contributed by atoms with van der Waals surface area (Å²) in [4.78, 5) is 0. The number of hydrogen-bond acceptors (Lipinski definition) is 0. The predicted molar refractivity (Wildman–Crippen MR) is 75.7 cm³/mol. The Balaban J connectivity index is 2.77. The molecule has 0 atom stereocenters. The van der Waals surface area contributed by atoms with Crippen LogP contribution in [-0.2, 0) is 11.5 Å². The Kier molecular flexibility index (Phi) is 1.82. The van der Waals surface area contributed by atoms with E-state index in [2.05, 4.69) is 65.0 Å². The van der Waals surface area contributed by atoms with Crippen LogP contribution in [0.5, 0.6) is 0 Å². The van der Waals surface area contributed by atoms with E-state index in [1.807, 2.05) is 0 Å². The van der Waals surface area contributed by atoms with Crippen LogP contribution in [0.25, 0.3) is 0 Å². The topological polar surface area (TPSA) is 0 Å². The molecule has 0 bridgehead atoms. The van der Waals surface area contributed by atoms with Crippen LogP contribution in [0.4, 0.5) is 0 Å². The summed E-state index contributed by atoms with van der Waals surface area (Å²) in [6.07, 6.45) is 16.1. The van der Waals surface area contributed by atoms with Gasteiger partial charge in [-0.25, -0.2) is 0 Å². The molecule has 0 radical (unpaired) electrons. The molecule has 0 aromatic heterocycles. The Morgan fingerprint density at radius 1 is 0.875 bits per heavy atom. The van der Waals surface area contributed by atoms with Crippen molar-refractivity contribution >= 4 is 7.63 Å². The summed E-state index contributed by atoms with van der Waals surface area (Å²) in [7, 11) is 2.31. The molecule has 0 heterocycles. The SMILES string of the molecule is [CH3][Ti]([CH3])([CH3])([CH3])(=[SiH2])([C]1=CC=CC1)[C]1=CC=CC1. The van der Waals surface area contributed by atoms with Gasteiger partial charge in [0.25, 0.3) is 0 Å². The van der Waals surface area contributed by atoms with Gasteiger partial charge in [-0.2, -0.15) is 0 Å². The van der Waals surface area contributed by atoms with Crippen LogP contribution >= 0.6 is 0 Å². The first kappa shape index (κ1) is 12.4. The molecule has 2 aliphatic carbocycles. The molecule has 2 rings (SSSR count). The van der Waals surface area contributed by atoms with Gasteiger partial charge >= 0.3 is 97.1 Å². The number of allylic oxidation sites excluding steroid dienone is 8. The average Bonchev–Trinajstić information content (AvgIpc) is 2.76. The molecule has 0 nitrogen and oxygen atoms in total. The Bertz CT molecular complexity index is 542. The molecule has 2 heteroatoms. The fourth-order valence-electron chi connectivity index (χ4n) is 3.03. The summed E-state index contributed by atoms with van der Waals surface area (Å²) in [6.45, 7) is 0. The normalized spacial score (nSPS) is 26.6. The van der Waals surface area contributed by atoms with Crippen molar-refractivity contribution in [1.29, 1.82) is 0 Å². The molecule has 88 valence electrons. The van der Waals surface area contributed by atoms with Crippen LogP contribution in [0.2, 0.25) is 20.9 Å². The standard InChI is InChI=1S/2C5H5.4CH3.H2Si.Ti/c2*1-2-4-5-3-1;;;;;;/h2*1-3H,4H2;4*1H3;1H2;. The number of rotatable bonds is 2. The van der Waals surface area contributed by atoms with Gasteiger partial charge in [-0.05, 0) is 0 Å². The van der Waals surface area contributed by atoms with Crippen LogP contribution in [-0.4, -0.2) is 7.63 Å². The van der Waals surface area contributed by atoms with Crippen molar-refractivity contribution in [2.24, 2.45) is 0 Å². The summed E-state index contributed by atoms with van der Waals surface area (Å²) in [6, 6.07) is 0. The third kappa shape index (κ3) is 1.61. The molecule has 0 aromatic carbocycles. The summed E-state index contributed by atoms with van der Waals surface area (Å²) < 4.78 is 3.37. The van der Waals surface area contributed by atoms with E-state index >= 15 is 0 Å². The van der Waals surface area contributed by atoms with Crippen molar-refractivity contribution in [2.75, 3.05) is 0 Å².